The first-order valence-corrected chi connectivity index (χ1v) is 9.07. The highest BCUT2D eigenvalue weighted by atomic mass is 28.3. The molecule has 1 aromatic rings. The maximum atomic E-state index is 9.70. The molecule has 86 valence electrons. The third kappa shape index (κ3) is 5.69. The summed E-state index contributed by atoms with van der Waals surface area (Å²) in [4.78, 5) is 4.04. The molecule has 0 aliphatic heterocycles. The van der Waals surface area contributed by atoms with Crippen LogP contribution in [0.3, 0.4) is 0 Å². The van der Waals surface area contributed by atoms with Crippen molar-refractivity contribution in [3.63, 3.8) is 0 Å². The van der Waals surface area contributed by atoms with Crippen LogP contribution >= 0.6 is 0 Å². The Balaban J connectivity index is 2.41. The molecule has 0 spiro atoms. The third-order valence-electron chi connectivity index (χ3n) is 2.04. The Morgan fingerprint density at radius 1 is 1.44 bits per heavy atom. The lowest BCUT2D eigenvalue weighted by molar-refractivity contribution is 0.222. The molecule has 0 aromatic carbocycles. The van der Waals surface area contributed by atoms with Gasteiger partial charge in [-0.15, -0.1) is 5.54 Å². The minimum atomic E-state index is -1.36. The summed E-state index contributed by atoms with van der Waals surface area (Å²) in [6.07, 6.45) is 4.59. The molecule has 3 heteroatoms. The van der Waals surface area contributed by atoms with Gasteiger partial charge in [-0.05, 0) is 24.5 Å². The van der Waals surface area contributed by atoms with Gasteiger partial charge in [-0.2, -0.15) is 0 Å². The van der Waals surface area contributed by atoms with Crippen molar-refractivity contribution in [1.82, 2.24) is 4.98 Å². The lowest BCUT2D eigenvalue weighted by atomic mass is 10.1. The van der Waals surface area contributed by atoms with E-state index in [0.29, 0.717) is 6.42 Å². The van der Waals surface area contributed by atoms with Crippen molar-refractivity contribution in [1.29, 1.82) is 0 Å². The first-order chi connectivity index (χ1) is 7.47. The molecule has 1 unspecified atom stereocenters. The van der Waals surface area contributed by atoms with E-state index in [1.165, 1.54) is 0 Å². The zero-order valence-electron chi connectivity index (χ0n) is 10.2. The first-order valence-electron chi connectivity index (χ1n) is 5.57. The number of aliphatic hydroxyl groups excluding tert-OH is 1. The molecular weight excluding hydrogens is 214 g/mol. The van der Waals surface area contributed by atoms with Crippen LogP contribution in [0.25, 0.3) is 0 Å². The van der Waals surface area contributed by atoms with E-state index in [2.05, 4.69) is 36.1 Å². The number of rotatable bonds is 3. The van der Waals surface area contributed by atoms with Gasteiger partial charge >= 0.3 is 0 Å². The summed E-state index contributed by atoms with van der Waals surface area (Å²) >= 11 is 0. The average molecular weight is 233 g/mol. The number of aliphatic hydroxyl groups is 1. The van der Waals surface area contributed by atoms with Crippen LogP contribution in [0, 0.1) is 11.5 Å². The van der Waals surface area contributed by atoms with Crippen LogP contribution in [0.4, 0.5) is 0 Å². The number of nitrogens with zero attached hydrogens (tertiary/aromatic N) is 1. The molecule has 1 heterocycles. The molecule has 2 nitrogen and oxygen atoms in total. The van der Waals surface area contributed by atoms with Gasteiger partial charge in [0.05, 0.1) is 0 Å². The molecule has 1 rings (SSSR count). The molecule has 0 saturated heterocycles. The van der Waals surface area contributed by atoms with Gasteiger partial charge in [0.2, 0.25) is 0 Å². The standard InChI is InChI=1S/C13H19NOSi/c1-16(2,3)10-8-13(15)7-6-12-5-4-9-14-11-12/h4-5,9,11,13,15H,6-7H2,1-3H3. The number of aryl methyl sites for hydroxylation is 1. The second kappa shape index (κ2) is 5.83. The van der Waals surface area contributed by atoms with E-state index in [4.69, 9.17) is 0 Å². The monoisotopic (exact) mass is 233 g/mol. The maximum Gasteiger partial charge on any atom is 0.129 e. The number of hydrogen-bond donors (Lipinski definition) is 1. The highest BCUT2D eigenvalue weighted by Crippen LogP contribution is 2.04. The minimum Gasteiger partial charge on any atom is -0.380 e. The van der Waals surface area contributed by atoms with Crippen molar-refractivity contribution in [3.05, 3.63) is 30.1 Å². The Hall–Kier alpha value is -1.11. The molecule has 0 aliphatic rings. The van der Waals surface area contributed by atoms with Crippen LogP contribution in [-0.2, 0) is 6.42 Å². The summed E-state index contributed by atoms with van der Waals surface area (Å²) in [5, 5.41) is 9.70. The Morgan fingerprint density at radius 2 is 2.19 bits per heavy atom. The van der Waals surface area contributed by atoms with Gasteiger partial charge < -0.3 is 5.11 Å². The van der Waals surface area contributed by atoms with E-state index in [1.807, 2.05) is 18.3 Å². The zero-order chi connectivity index (χ0) is 12.0. The number of hydrogen-bond acceptors (Lipinski definition) is 2. The Morgan fingerprint density at radius 3 is 2.75 bits per heavy atom. The van der Waals surface area contributed by atoms with E-state index in [1.54, 1.807) is 6.20 Å². The molecule has 0 amide bonds. The molecule has 0 fully saturated rings. The summed E-state index contributed by atoms with van der Waals surface area (Å²) in [5.41, 5.74) is 4.33. The Bertz CT molecular complexity index is 372. The van der Waals surface area contributed by atoms with Crippen LogP contribution in [0.2, 0.25) is 19.6 Å². The molecule has 16 heavy (non-hydrogen) atoms. The summed E-state index contributed by atoms with van der Waals surface area (Å²) < 4.78 is 0. The number of aromatic nitrogens is 1. The summed E-state index contributed by atoms with van der Waals surface area (Å²) in [6.45, 7) is 6.52. The van der Waals surface area contributed by atoms with Crippen LogP contribution in [0.1, 0.15) is 12.0 Å². The van der Waals surface area contributed by atoms with E-state index in [-0.39, 0.29) is 0 Å². The van der Waals surface area contributed by atoms with Crippen molar-refractivity contribution in [2.45, 2.75) is 38.6 Å². The lowest BCUT2D eigenvalue weighted by Crippen LogP contribution is -2.18. The highest BCUT2D eigenvalue weighted by Gasteiger charge is 2.08. The zero-order valence-corrected chi connectivity index (χ0v) is 11.2. The predicted octanol–water partition coefficient (Wildman–Crippen LogP) is 2.26. The van der Waals surface area contributed by atoms with E-state index in [0.717, 1.165) is 12.0 Å². The molecular formula is C13H19NOSi. The molecule has 1 aromatic heterocycles. The van der Waals surface area contributed by atoms with E-state index >= 15 is 0 Å². The quantitative estimate of drug-likeness (QED) is 0.641. The minimum absolute atomic E-state index is 0.507. The smallest absolute Gasteiger partial charge is 0.129 e. The predicted molar refractivity (Wildman–Crippen MR) is 69.7 cm³/mol. The van der Waals surface area contributed by atoms with Gasteiger partial charge in [-0.25, -0.2) is 0 Å². The Kier molecular flexibility index (Phi) is 4.72. The lowest BCUT2D eigenvalue weighted by Gasteiger charge is -2.06. The van der Waals surface area contributed by atoms with E-state index in [9.17, 15) is 5.11 Å². The van der Waals surface area contributed by atoms with Gasteiger partial charge in [-0.3, -0.25) is 4.98 Å². The van der Waals surface area contributed by atoms with Crippen molar-refractivity contribution < 1.29 is 5.11 Å². The molecule has 1 atom stereocenters. The summed E-state index contributed by atoms with van der Waals surface area (Å²) in [5.74, 6) is 2.94. The normalized spacial score (nSPS) is 12.8. The largest absolute Gasteiger partial charge is 0.380 e. The van der Waals surface area contributed by atoms with Crippen LogP contribution in [0.15, 0.2) is 24.5 Å². The highest BCUT2D eigenvalue weighted by molar-refractivity contribution is 6.83. The average Bonchev–Trinajstić information content (AvgIpc) is 2.24. The second-order valence-electron chi connectivity index (χ2n) is 4.94. The number of pyridine rings is 1. The molecule has 1 N–H and O–H groups in total. The second-order valence-corrected chi connectivity index (χ2v) is 9.69. The van der Waals surface area contributed by atoms with Gasteiger partial charge in [-0.1, -0.05) is 31.6 Å². The summed E-state index contributed by atoms with van der Waals surface area (Å²) in [7, 11) is -1.36. The van der Waals surface area contributed by atoms with Gasteiger partial charge in [0.15, 0.2) is 0 Å². The van der Waals surface area contributed by atoms with Crippen LogP contribution in [0.5, 0.6) is 0 Å². The fraction of sp³-hybridized carbons (Fsp3) is 0.462. The van der Waals surface area contributed by atoms with Crippen LogP contribution < -0.4 is 0 Å². The van der Waals surface area contributed by atoms with Crippen molar-refractivity contribution in [2.24, 2.45) is 0 Å². The van der Waals surface area contributed by atoms with Crippen molar-refractivity contribution in [2.75, 3.05) is 0 Å². The molecule has 0 aliphatic carbocycles. The maximum absolute atomic E-state index is 9.70. The third-order valence-corrected chi connectivity index (χ3v) is 2.94. The molecule has 0 radical (unpaired) electrons. The topological polar surface area (TPSA) is 33.1 Å². The van der Waals surface area contributed by atoms with E-state index < -0.39 is 14.2 Å². The van der Waals surface area contributed by atoms with Gasteiger partial charge in [0.25, 0.3) is 0 Å². The van der Waals surface area contributed by atoms with Crippen molar-refractivity contribution >= 4 is 8.07 Å². The first kappa shape index (κ1) is 13.0. The molecule has 0 saturated carbocycles. The Labute approximate surface area is 98.7 Å². The summed E-state index contributed by atoms with van der Waals surface area (Å²) in [6, 6.07) is 3.93. The van der Waals surface area contributed by atoms with Gasteiger partial charge in [0.1, 0.15) is 14.2 Å². The SMILES string of the molecule is C[Si](C)(C)C#CC(O)CCc1cccnc1. The molecule has 0 bridgehead atoms. The van der Waals surface area contributed by atoms with Crippen molar-refractivity contribution in [3.8, 4) is 11.5 Å². The fourth-order valence-electron chi connectivity index (χ4n) is 1.22. The fourth-order valence-corrected chi connectivity index (χ4v) is 1.82. The van der Waals surface area contributed by atoms with Gasteiger partial charge in [0, 0.05) is 12.4 Å². The van der Waals surface area contributed by atoms with Crippen LogP contribution in [-0.4, -0.2) is 24.3 Å².